The van der Waals surface area contributed by atoms with Crippen LogP contribution >= 0.6 is 0 Å². The summed E-state index contributed by atoms with van der Waals surface area (Å²) in [6, 6.07) is 9.26. The van der Waals surface area contributed by atoms with Crippen molar-refractivity contribution in [1.82, 2.24) is 0 Å². The highest BCUT2D eigenvalue weighted by Gasteiger charge is 2.30. The molecule has 0 aromatic heterocycles. The molecule has 2 aromatic carbocycles. The summed E-state index contributed by atoms with van der Waals surface area (Å²) in [5.74, 6) is -1.21. The Morgan fingerprint density at radius 1 is 1.08 bits per heavy atom. The fraction of sp³-hybridized carbons (Fsp3) is 0.188. The molecule has 0 bridgehead atoms. The van der Waals surface area contributed by atoms with Crippen molar-refractivity contribution in [2.45, 2.75) is 13.3 Å². The third kappa shape index (κ3) is 5.45. The predicted octanol–water partition coefficient (Wildman–Crippen LogP) is 4.08. The minimum atomic E-state index is -4.75. The second kappa shape index (κ2) is 7.20. The van der Waals surface area contributed by atoms with Gasteiger partial charge in [-0.25, -0.2) is 4.39 Å². The number of alkyl halides is 3. The van der Waals surface area contributed by atoms with Crippen LogP contribution in [0.25, 0.3) is 0 Å². The lowest BCUT2D eigenvalue weighted by Gasteiger charge is -2.11. The third-order valence-electron chi connectivity index (χ3n) is 3.00. The van der Waals surface area contributed by atoms with E-state index < -0.39 is 18.1 Å². The summed E-state index contributed by atoms with van der Waals surface area (Å²) in [4.78, 5) is 11.8. The first kappa shape index (κ1) is 17.6. The molecule has 0 aliphatic carbocycles. The molecule has 2 aromatic rings. The molecule has 0 spiro atoms. The fourth-order valence-electron chi connectivity index (χ4n) is 1.83. The number of hydrogen-bond donors (Lipinski definition) is 2. The van der Waals surface area contributed by atoms with E-state index in [0.29, 0.717) is 16.9 Å². The van der Waals surface area contributed by atoms with Gasteiger partial charge in [0.25, 0.3) is 0 Å². The summed E-state index contributed by atoms with van der Waals surface area (Å²) in [7, 11) is 0. The van der Waals surface area contributed by atoms with E-state index in [9.17, 15) is 22.4 Å². The number of amides is 1. The van der Waals surface area contributed by atoms with Crippen LogP contribution < -0.4 is 15.4 Å². The van der Waals surface area contributed by atoms with Gasteiger partial charge in [0.15, 0.2) is 0 Å². The number of carbonyl (C=O) groups is 1. The summed E-state index contributed by atoms with van der Waals surface area (Å²) in [5.41, 5.74) is 1.22. The molecule has 4 nitrogen and oxygen atoms in total. The van der Waals surface area contributed by atoms with Gasteiger partial charge in [-0.1, -0.05) is 6.07 Å². The maximum atomic E-state index is 13.4. The molecular formula is C16H14F4N2O2. The van der Waals surface area contributed by atoms with Crippen LogP contribution in [-0.4, -0.2) is 18.8 Å². The molecule has 128 valence electrons. The van der Waals surface area contributed by atoms with E-state index >= 15 is 0 Å². The topological polar surface area (TPSA) is 50.4 Å². The van der Waals surface area contributed by atoms with Crippen LogP contribution in [-0.2, 0) is 4.79 Å². The van der Waals surface area contributed by atoms with Gasteiger partial charge in [-0.15, -0.1) is 13.2 Å². The van der Waals surface area contributed by atoms with E-state index in [4.69, 9.17) is 0 Å². The molecule has 0 aliphatic heterocycles. The van der Waals surface area contributed by atoms with Crippen molar-refractivity contribution in [3.63, 3.8) is 0 Å². The fourth-order valence-corrected chi connectivity index (χ4v) is 1.83. The summed E-state index contributed by atoms with van der Waals surface area (Å²) in [6.07, 6.45) is -4.75. The average molecular weight is 342 g/mol. The van der Waals surface area contributed by atoms with Gasteiger partial charge in [-0.05, 0) is 48.9 Å². The summed E-state index contributed by atoms with van der Waals surface area (Å²) in [5, 5.41) is 5.25. The maximum absolute atomic E-state index is 13.4. The smallest absolute Gasteiger partial charge is 0.406 e. The second-order valence-corrected chi connectivity index (χ2v) is 4.94. The highest BCUT2D eigenvalue weighted by molar-refractivity contribution is 5.93. The summed E-state index contributed by atoms with van der Waals surface area (Å²) < 4.78 is 53.2. The Labute approximate surface area is 135 Å². The van der Waals surface area contributed by atoms with Crippen molar-refractivity contribution in [3.05, 3.63) is 53.8 Å². The molecule has 24 heavy (non-hydrogen) atoms. The van der Waals surface area contributed by atoms with Gasteiger partial charge in [0.05, 0.1) is 6.54 Å². The number of carbonyl (C=O) groups excluding carboxylic acids is 1. The van der Waals surface area contributed by atoms with E-state index in [0.717, 1.165) is 12.1 Å². The molecule has 0 fully saturated rings. The average Bonchev–Trinajstić information content (AvgIpc) is 2.49. The zero-order chi connectivity index (χ0) is 17.7. The SMILES string of the molecule is Cc1ccc(NC(=O)CNc2ccc(OC(F)(F)F)cc2)cc1F. The van der Waals surface area contributed by atoms with Crippen LogP contribution in [0.1, 0.15) is 5.56 Å². The number of anilines is 2. The van der Waals surface area contributed by atoms with Crippen LogP contribution in [0, 0.1) is 12.7 Å². The quantitative estimate of drug-likeness (QED) is 0.805. The van der Waals surface area contributed by atoms with E-state index in [1.165, 1.54) is 24.3 Å². The number of nitrogens with one attached hydrogen (secondary N) is 2. The minimum Gasteiger partial charge on any atom is -0.406 e. The molecule has 2 rings (SSSR count). The van der Waals surface area contributed by atoms with Crippen LogP contribution in [0.2, 0.25) is 0 Å². The molecule has 2 N–H and O–H groups in total. The number of hydrogen-bond acceptors (Lipinski definition) is 3. The van der Waals surface area contributed by atoms with Gasteiger partial charge in [-0.3, -0.25) is 4.79 Å². The molecule has 0 unspecified atom stereocenters. The molecule has 0 atom stereocenters. The lowest BCUT2D eigenvalue weighted by molar-refractivity contribution is -0.274. The highest BCUT2D eigenvalue weighted by Crippen LogP contribution is 2.23. The highest BCUT2D eigenvalue weighted by atomic mass is 19.4. The van der Waals surface area contributed by atoms with Gasteiger partial charge in [0, 0.05) is 11.4 Å². The van der Waals surface area contributed by atoms with Gasteiger partial charge in [-0.2, -0.15) is 0 Å². The number of aryl methyl sites for hydroxylation is 1. The monoisotopic (exact) mass is 342 g/mol. The van der Waals surface area contributed by atoms with Gasteiger partial charge in [0.2, 0.25) is 5.91 Å². The van der Waals surface area contributed by atoms with Crippen LogP contribution in [0.15, 0.2) is 42.5 Å². The van der Waals surface area contributed by atoms with Gasteiger partial charge >= 0.3 is 6.36 Å². The van der Waals surface area contributed by atoms with Crippen molar-refractivity contribution < 1.29 is 27.1 Å². The van der Waals surface area contributed by atoms with Crippen molar-refractivity contribution in [3.8, 4) is 5.75 Å². The largest absolute Gasteiger partial charge is 0.573 e. The molecule has 1 amide bonds. The summed E-state index contributed by atoms with van der Waals surface area (Å²) >= 11 is 0. The van der Waals surface area contributed by atoms with Crippen molar-refractivity contribution in [1.29, 1.82) is 0 Å². The number of ether oxygens (including phenoxy) is 1. The van der Waals surface area contributed by atoms with E-state index in [1.54, 1.807) is 13.0 Å². The zero-order valence-electron chi connectivity index (χ0n) is 12.6. The third-order valence-corrected chi connectivity index (χ3v) is 3.00. The maximum Gasteiger partial charge on any atom is 0.573 e. The molecular weight excluding hydrogens is 328 g/mol. The molecule has 0 saturated heterocycles. The Morgan fingerprint density at radius 3 is 2.29 bits per heavy atom. The number of benzene rings is 2. The van der Waals surface area contributed by atoms with Crippen molar-refractivity contribution >= 4 is 17.3 Å². The lowest BCUT2D eigenvalue weighted by atomic mass is 10.2. The first-order valence-corrected chi connectivity index (χ1v) is 6.88. The first-order chi connectivity index (χ1) is 11.2. The summed E-state index contributed by atoms with van der Waals surface area (Å²) in [6.45, 7) is 1.48. The van der Waals surface area contributed by atoms with Gasteiger partial charge in [0.1, 0.15) is 11.6 Å². The Bertz CT molecular complexity index is 715. The molecule has 8 heteroatoms. The predicted molar refractivity (Wildman–Crippen MR) is 81.4 cm³/mol. The normalized spacial score (nSPS) is 11.0. The van der Waals surface area contributed by atoms with Crippen LogP contribution in [0.5, 0.6) is 5.75 Å². The van der Waals surface area contributed by atoms with E-state index in [2.05, 4.69) is 15.4 Å². The van der Waals surface area contributed by atoms with Gasteiger partial charge < -0.3 is 15.4 Å². The second-order valence-electron chi connectivity index (χ2n) is 4.94. The number of rotatable bonds is 5. The lowest BCUT2D eigenvalue weighted by Crippen LogP contribution is -2.21. The van der Waals surface area contributed by atoms with Crippen molar-refractivity contribution in [2.24, 2.45) is 0 Å². The van der Waals surface area contributed by atoms with E-state index in [1.807, 2.05) is 0 Å². The molecule has 0 aliphatic rings. The Kier molecular flexibility index (Phi) is 5.28. The Balaban J connectivity index is 1.86. The van der Waals surface area contributed by atoms with Crippen LogP contribution in [0.3, 0.4) is 0 Å². The van der Waals surface area contributed by atoms with E-state index in [-0.39, 0.29) is 12.3 Å². The van der Waals surface area contributed by atoms with Crippen molar-refractivity contribution in [2.75, 3.05) is 17.2 Å². The first-order valence-electron chi connectivity index (χ1n) is 6.88. The molecule has 0 radical (unpaired) electrons. The zero-order valence-corrected chi connectivity index (χ0v) is 12.6. The Morgan fingerprint density at radius 2 is 1.71 bits per heavy atom. The van der Waals surface area contributed by atoms with Crippen LogP contribution in [0.4, 0.5) is 28.9 Å². The number of halogens is 4. The Hall–Kier alpha value is -2.77. The standard InChI is InChI=1S/C16H14F4N2O2/c1-10-2-3-12(8-14(10)17)22-15(23)9-21-11-4-6-13(7-5-11)24-16(18,19)20/h2-8,21H,9H2,1H3,(H,22,23). The molecule has 0 saturated carbocycles. The minimum absolute atomic E-state index is 0.130. The molecule has 0 heterocycles.